The lowest BCUT2D eigenvalue weighted by Crippen LogP contribution is -2.14. The van der Waals surface area contributed by atoms with E-state index in [-0.39, 0.29) is 16.3 Å². The van der Waals surface area contributed by atoms with E-state index < -0.39 is 15.8 Å². The van der Waals surface area contributed by atoms with E-state index in [1.54, 1.807) is 24.3 Å². The molecule has 2 rings (SSSR count). The molecule has 0 aliphatic heterocycles. The normalized spacial score (nSPS) is 11.1. The monoisotopic (exact) mass is 296 g/mol. The van der Waals surface area contributed by atoms with Crippen molar-refractivity contribution >= 4 is 21.4 Å². The number of ether oxygens (including phenoxy) is 1. The van der Waals surface area contributed by atoms with Gasteiger partial charge in [0.15, 0.2) is 0 Å². The maximum absolute atomic E-state index is 13.4. The molecule has 106 valence electrons. The second kappa shape index (κ2) is 5.38. The first-order valence-corrected chi connectivity index (χ1v) is 7.13. The maximum Gasteiger partial charge on any atom is 0.262 e. The Morgan fingerprint density at radius 3 is 2.55 bits per heavy atom. The van der Waals surface area contributed by atoms with Gasteiger partial charge in [-0.3, -0.25) is 4.72 Å². The molecule has 0 heterocycles. The van der Waals surface area contributed by atoms with Crippen molar-refractivity contribution in [2.24, 2.45) is 0 Å². The summed E-state index contributed by atoms with van der Waals surface area (Å²) in [7, 11) is -2.48. The van der Waals surface area contributed by atoms with Gasteiger partial charge in [-0.15, -0.1) is 0 Å². The van der Waals surface area contributed by atoms with Gasteiger partial charge in [0.2, 0.25) is 0 Å². The lowest BCUT2D eigenvalue weighted by atomic mass is 10.3. The first kappa shape index (κ1) is 14.1. The molecule has 2 aromatic carbocycles. The summed E-state index contributed by atoms with van der Waals surface area (Å²) in [5.41, 5.74) is 5.48. The van der Waals surface area contributed by atoms with Crippen LogP contribution >= 0.6 is 0 Å². The Bertz CT molecular complexity index is 732. The number of rotatable bonds is 4. The van der Waals surface area contributed by atoms with E-state index in [2.05, 4.69) is 4.72 Å². The number of nitrogen functional groups attached to an aromatic ring is 1. The molecule has 0 saturated carbocycles. The molecule has 0 radical (unpaired) electrons. The van der Waals surface area contributed by atoms with Crippen molar-refractivity contribution in [1.29, 1.82) is 0 Å². The van der Waals surface area contributed by atoms with E-state index in [0.29, 0.717) is 5.75 Å². The summed E-state index contributed by atoms with van der Waals surface area (Å²) < 4.78 is 45.1. The van der Waals surface area contributed by atoms with Gasteiger partial charge in [0.25, 0.3) is 10.0 Å². The molecule has 0 aliphatic carbocycles. The Morgan fingerprint density at radius 2 is 1.90 bits per heavy atom. The van der Waals surface area contributed by atoms with Gasteiger partial charge in [-0.05, 0) is 30.3 Å². The third kappa shape index (κ3) is 2.83. The number of sulfonamides is 1. The molecule has 0 atom stereocenters. The lowest BCUT2D eigenvalue weighted by Gasteiger charge is -2.11. The van der Waals surface area contributed by atoms with E-state index in [9.17, 15) is 12.8 Å². The SMILES string of the molecule is COc1ccccc1NS(=O)(=O)c1ccc(N)c(F)c1. The minimum atomic E-state index is -3.91. The number of hydrogen-bond donors (Lipinski definition) is 2. The highest BCUT2D eigenvalue weighted by molar-refractivity contribution is 7.92. The predicted molar refractivity (Wildman–Crippen MR) is 74.6 cm³/mol. The molecule has 5 nitrogen and oxygen atoms in total. The largest absolute Gasteiger partial charge is 0.495 e. The van der Waals surface area contributed by atoms with Gasteiger partial charge in [-0.1, -0.05) is 12.1 Å². The molecule has 2 aromatic rings. The van der Waals surface area contributed by atoms with Gasteiger partial charge in [0.05, 0.1) is 23.4 Å². The molecule has 0 bridgehead atoms. The maximum atomic E-state index is 13.4. The zero-order chi connectivity index (χ0) is 14.8. The summed E-state index contributed by atoms with van der Waals surface area (Å²) in [5.74, 6) is -0.417. The first-order chi connectivity index (χ1) is 9.44. The van der Waals surface area contributed by atoms with Gasteiger partial charge in [-0.25, -0.2) is 12.8 Å². The van der Waals surface area contributed by atoms with Crippen LogP contribution in [0.1, 0.15) is 0 Å². The van der Waals surface area contributed by atoms with Crippen LogP contribution in [-0.2, 0) is 10.0 Å². The van der Waals surface area contributed by atoms with Crippen LogP contribution in [0.2, 0.25) is 0 Å². The molecule has 7 heteroatoms. The average molecular weight is 296 g/mol. The van der Waals surface area contributed by atoms with Crippen molar-refractivity contribution in [3.05, 3.63) is 48.3 Å². The summed E-state index contributed by atoms with van der Waals surface area (Å²) in [4.78, 5) is -0.213. The number of nitrogens with one attached hydrogen (secondary N) is 1. The number of anilines is 2. The highest BCUT2D eigenvalue weighted by Crippen LogP contribution is 2.26. The second-order valence-corrected chi connectivity index (χ2v) is 5.67. The molecule has 0 fully saturated rings. The number of hydrogen-bond acceptors (Lipinski definition) is 4. The molecule has 0 spiro atoms. The number of nitrogens with two attached hydrogens (primary N) is 1. The zero-order valence-corrected chi connectivity index (χ0v) is 11.4. The molecule has 0 aromatic heterocycles. The Labute approximate surface area is 116 Å². The fraction of sp³-hybridized carbons (Fsp3) is 0.0769. The molecule has 3 N–H and O–H groups in total. The van der Waals surface area contributed by atoms with E-state index in [4.69, 9.17) is 10.5 Å². The fourth-order valence-electron chi connectivity index (χ4n) is 1.61. The van der Waals surface area contributed by atoms with Crippen LogP contribution in [0.3, 0.4) is 0 Å². The minimum Gasteiger partial charge on any atom is -0.495 e. The Kier molecular flexibility index (Phi) is 3.80. The molecule has 20 heavy (non-hydrogen) atoms. The smallest absolute Gasteiger partial charge is 0.262 e. The van der Waals surface area contributed by atoms with E-state index >= 15 is 0 Å². The summed E-state index contributed by atoms with van der Waals surface area (Å²) >= 11 is 0. The third-order valence-corrected chi connectivity index (χ3v) is 4.00. The van der Waals surface area contributed by atoms with Crippen molar-refractivity contribution in [2.45, 2.75) is 4.90 Å². The number of methoxy groups -OCH3 is 1. The number of para-hydroxylation sites is 2. The van der Waals surface area contributed by atoms with Crippen LogP contribution in [0, 0.1) is 5.82 Å². The van der Waals surface area contributed by atoms with Crippen molar-refractivity contribution in [3.63, 3.8) is 0 Å². The van der Waals surface area contributed by atoms with Crippen molar-refractivity contribution < 1.29 is 17.5 Å². The van der Waals surface area contributed by atoms with Crippen LogP contribution in [0.5, 0.6) is 5.75 Å². The molecular weight excluding hydrogens is 283 g/mol. The molecule has 0 aliphatic rings. The zero-order valence-electron chi connectivity index (χ0n) is 10.6. The Hall–Kier alpha value is -2.28. The predicted octanol–water partition coefficient (Wildman–Crippen LogP) is 2.22. The second-order valence-electron chi connectivity index (χ2n) is 3.99. The van der Waals surface area contributed by atoms with Gasteiger partial charge in [0.1, 0.15) is 11.6 Å². The van der Waals surface area contributed by atoms with E-state index in [1.165, 1.54) is 19.2 Å². The highest BCUT2D eigenvalue weighted by atomic mass is 32.2. The van der Waals surface area contributed by atoms with E-state index in [0.717, 1.165) is 6.07 Å². The van der Waals surface area contributed by atoms with Crippen molar-refractivity contribution in [1.82, 2.24) is 0 Å². The lowest BCUT2D eigenvalue weighted by molar-refractivity contribution is 0.417. The average Bonchev–Trinajstić information content (AvgIpc) is 2.42. The fourth-order valence-corrected chi connectivity index (χ4v) is 2.69. The topological polar surface area (TPSA) is 81.4 Å². The molecule has 0 saturated heterocycles. The van der Waals surface area contributed by atoms with Crippen molar-refractivity contribution in [3.8, 4) is 5.75 Å². The third-order valence-electron chi connectivity index (χ3n) is 2.63. The van der Waals surface area contributed by atoms with Crippen LogP contribution < -0.4 is 15.2 Å². The molecule has 0 amide bonds. The summed E-state index contributed by atoms with van der Waals surface area (Å²) in [6, 6.07) is 9.82. The van der Waals surface area contributed by atoms with E-state index in [1.807, 2.05) is 0 Å². The van der Waals surface area contributed by atoms with Gasteiger partial charge in [0, 0.05) is 0 Å². The van der Waals surface area contributed by atoms with Gasteiger partial charge in [-0.2, -0.15) is 0 Å². The standard InChI is InChI=1S/C13H13FN2O3S/c1-19-13-5-3-2-4-12(13)16-20(17,18)9-6-7-11(15)10(14)8-9/h2-8,16H,15H2,1H3. The molecule has 0 unspecified atom stereocenters. The Balaban J connectivity index is 2.38. The summed E-state index contributed by atoms with van der Waals surface area (Å²) in [5, 5.41) is 0. The quantitative estimate of drug-likeness (QED) is 0.848. The number of benzene rings is 2. The van der Waals surface area contributed by atoms with Crippen LogP contribution in [-0.4, -0.2) is 15.5 Å². The summed E-state index contributed by atoms with van der Waals surface area (Å²) in [6.07, 6.45) is 0. The Morgan fingerprint density at radius 1 is 1.20 bits per heavy atom. The molecular formula is C13H13FN2O3S. The van der Waals surface area contributed by atoms with Crippen molar-refractivity contribution in [2.75, 3.05) is 17.6 Å². The summed E-state index contributed by atoms with van der Waals surface area (Å²) in [6.45, 7) is 0. The van der Waals surface area contributed by atoms with Crippen LogP contribution in [0.25, 0.3) is 0 Å². The van der Waals surface area contributed by atoms with Crippen LogP contribution in [0.4, 0.5) is 15.8 Å². The number of halogens is 1. The van der Waals surface area contributed by atoms with Crippen LogP contribution in [0.15, 0.2) is 47.4 Å². The highest BCUT2D eigenvalue weighted by Gasteiger charge is 2.17. The first-order valence-electron chi connectivity index (χ1n) is 5.65. The minimum absolute atomic E-state index is 0.110. The van der Waals surface area contributed by atoms with Gasteiger partial charge < -0.3 is 10.5 Å². The van der Waals surface area contributed by atoms with Gasteiger partial charge >= 0.3 is 0 Å².